The molecule has 2 amide bonds. The van der Waals surface area contributed by atoms with Crippen LogP contribution in [-0.2, 0) is 11.3 Å². The van der Waals surface area contributed by atoms with Crippen molar-refractivity contribution in [3.05, 3.63) is 72.2 Å². The number of nitrogens with zero attached hydrogens (tertiary/aromatic N) is 3. The minimum absolute atomic E-state index is 0.183. The number of carbonyl (C=O) groups excluding carboxylic acids is 2. The molecule has 1 aliphatic rings. The van der Waals surface area contributed by atoms with E-state index in [1.807, 2.05) is 48.5 Å². The largest absolute Gasteiger partial charge is 0.349 e. The van der Waals surface area contributed by atoms with E-state index >= 15 is 0 Å². The van der Waals surface area contributed by atoms with Crippen molar-refractivity contribution in [2.45, 2.75) is 12.6 Å². The minimum atomic E-state index is -0.573. The van der Waals surface area contributed by atoms with Gasteiger partial charge in [0.2, 0.25) is 5.91 Å². The van der Waals surface area contributed by atoms with Crippen molar-refractivity contribution in [1.29, 1.82) is 0 Å². The highest BCUT2D eigenvalue weighted by Crippen LogP contribution is 2.16. The van der Waals surface area contributed by atoms with Crippen molar-refractivity contribution < 1.29 is 9.59 Å². The molecule has 2 aromatic heterocycles. The second-order valence-corrected chi connectivity index (χ2v) is 6.67. The van der Waals surface area contributed by atoms with Crippen LogP contribution in [0.4, 0.5) is 0 Å². The summed E-state index contributed by atoms with van der Waals surface area (Å²) in [6, 6.07) is 14.5. The number of benzene rings is 1. The van der Waals surface area contributed by atoms with E-state index in [0.29, 0.717) is 31.7 Å². The molecule has 1 aliphatic heterocycles. The van der Waals surface area contributed by atoms with Crippen LogP contribution in [0.5, 0.6) is 0 Å². The predicted molar refractivity (Wildman–Crippen MR) is 106 cm³/mol. The van der Waals surface area contributed by atoms with Gasteiger partial charge in [0, 0.05) is 37.4 Å². The molecule has 1 aromatic carbocycles. The average molecular weight is 375 g/mol. The molecule has 142 valence electrons. The number of rotatable bonds is 4. The van der Waals surface area contributed by atoms with Gasteiger partial charge in [0.05, 0.1) is 23.3 Å². The molecule has 0 saturated carbocycles. The van der Waals surface area contributed by atoms with Gasteiger partial charge in [-0.2, -0.15) is 0 Å². The van der Waals surface area contributed by atoms with Crippen LogP contribution in [-0.4, -0.2) is 52.4 Å². The van der Waals surface area contributed by atoms with Crippen LogP contribution in [0.1, 0.15) is 16.1 Å². The van der Waals surface area contributed by atoms with Gasteiger partial charge in [0.1, 0.15) is 6.04 Å². The Morgan fingerprint density at radius 2 is 2.00 bits per heavy atom. The molecule has 0 unspecified atom stereocenters. The van der Waals surface area contributed by atoms with Crippen molar-refractivity contribution in [1.82, 2.24) is 25.5 Å². The molecule has 0 radical (unpaired) electrons. The van der Waals surface area contributed by atoms with Crippen molar-refractivity contribution in [3.8, 4) is 0 Å². The molecule has 1 atom stereocenters. The Kier molecular flexibility index (Phi) is 5.25. The molecule has 7 nitrogen and oxygen atoms in total. The fourth-order valence-corrected chi connectivity index (χ4v) is 3.33. The standard InChI is InChI=1S/C21H21N5O2/c27-20(25-13-17-6-3-4-8-23-17)19-14-22-9-10-26(19)21(28)16-11-15-5-1-2-7-18(15)24-12-16/h1-8,11-12,19,22H,9-10,13-14H2,(H,25,27)/t19-/m0/s1. The van der Waals surface area contributed by atoms with Gasteiger partial charge in [-0.05, 0) is 24.3 Å². The third-order valence-corrected chi connectivity index (χ3v) is 4.81. The van der Waals surface area contributed by atoms with Gasteiger partial charge in [-0.1, -0.05) is 24.3 Å². The number of fused-ring (bicyclic) bond motifs is 1. The zero-order valence-electron chi connectivity index (χ0n) is 15.3. The summed E-state index contributed by atoms with van der Waals surface area (Å²) in [5.74, 6) is -0.377. The van der Waals surface area contributed by atoms with E-state index in [0.717, 1.165) is 16.6 Å². The van der Waals surface area contributed by atoms with Crippen molar-refractivity contribution >= 4 is 22.7 Å². The van der Waals surface area contributed by atoms with Gasteiger partial charge in [-0.3, -0.25) is 19.6 Å². The van der Waals surface area contributed by atoms with E-state index in [9.17, 15) is 9.59 Å². The number of piperazine rings is 1. The van der Waals surface area contributed by atoms with Crippen molar-refractivity contribution in [2.75, 3.05) is 19.6 Å². The van der Waals surface area contributed by atoms with Crippen LogP contribution in [0.25, 0.3) is 10.9 Å². The monoisotopic (exact) mass is 375 g/mol. The van der Waals surface area contributed by atoms with Crippen LogP contribution in [0.15, 0.2) is 60.9 Å². The highest BCUT2D eigenvalue weighted by Gasteiger charge is 2.32. The van der Waals surface area contributed by atoms with E-state index in [1.165, 1.54) is 0 Å². The van der Waals surface area contributed by atoms with E-state index < -0.39 is 6.04 Å². The summed E-state index contributed by atoms with van der Waals surface area (Å²) >= 11 is 0. The minimum Gasteiger partial charge on any atom is -0.349 e. The molecule has 1 saturated heterocycles. The van der Waals surface area contributed by atoms with Crippen LogP contribution < -0.4 is 10.6 Å². The van der Waals surface area contributed by atoms with Crippen LogP contribution in [0.2, 0.25) is 0 Å². The molecule has 0 aliphatic carbocycles. The quantitative estimate of drug-likeness (QED) is 0.719. The molecule has 7 heteroatoms. The summed E-state index contributed by atoms with van der Waals surface area (Å²) in [5.41, 5.74) is 2.10. The third-order valence-electron chi connectivity index (χ3n) is 4.81. The first kappa shape index (κ1) is 18.1. The number of para-hydroxylation sites is 1. The van der Waals surface area contributed by atoms with Gasteiger partial charge in [0.25, 0.3) is 5.91 Å². The Morgan fingerprint density at radius 3 is 2.86 bits per heavy atom. The Bertz CT molecular complexity index is 992. The van der Waals surface area contributed by atoms with E-state index in [-0.39, 0.29) is 11.8 Å². The Hall–Kier alpha value is -3.32. The van der Waals surface area contributed by atoms with Crippen LogP contribution in [0, 0.1) is 0 Å². The topological polar surface area (TPSA) is 87.2 Å². The number of amides is 2. The highest BCUT2D eigenvalue weighted by atomic mass is 16.2. The zero-order chi connectivity index (χ0) is 19.3. The van der Waals surface area contributed by atoms with Gasteiger partial charge >= 0.3 is 0 Å². The molecular formula is C21H21N5O2. The predicted octanol–water partition coefficient (Wildman–Crippen LogP) is 1.36. The summed E-state index contributed by atoms with van der Waals surface area (Å²) in [4.78, 5) is 36.0. The molecule has 2 N–H and O–H groups in total. The maximum atomic E-state index is 13.1. The molecule has 28 heavy (non-hydrogen) atoms. The Morgan fingerprint density at radius 1 is 1.14 bits per heavy atom. The molecule has 3 aromatic rings. The van der Waals surface area contributed by atoms with Crippen LogP contribution in [0.3, 0.4) is 0 Å². The molecule has 1 fully saturated rings. The third kappa shape index (κ3) is 3.84. The second kappa shape index (κ2) is 8.14. The summed E-state index contributed by atoms with van der Waals surface area (Å²) in [6.45, 7) is 1.86. The van der Waals surface area contributed by atoms with Gasteiger partial charge in [-0.15, -0.1) is 0 Å². The number of nitrogens with one attached hydrogen (secondary N) is 2. The fraction of sp³-hybridized carbons (Fsp3) is 0.238. The van der Waals surface area contributed by atoms with Gasteiger partial charge in [0.15, 0.2) is 0 Å². The SMILES string of the molecule is O=C(NCc1ccccn1)[C@@H]1CNCCN1C(=O)c1cnc2ccccc2c1. The summed E-state index contributed by atoms with van der Waals surface area (Å²) < 4.78 is 0. The molecule has 0 spiro atoms. The number of hydrogen-bond acceptors (Lipinski definition) is 5. The normalized spacial score (nSPS) is 16.7. The lowest BCUT2D eigenvalue weighted by atomic mass is 10.1. The lowest BCUT2D eigenvalue weighted by Gasteiger charge is -2.35. The highest BCUT2D eigenvalue weighted by molar-refractivity contribution is 6.00. The Balaban J connectivity index is 1.50. The maximum absolute atomic E-state index is 13.1. The van der Waals surface area contributed by atoms with Crippen molar-refractivity contribution in [2.24, 2.45) is 0 Å². The van der Waals surface area contributed by atoms with Gasteiger partial charge < -0.3 is 15.5 Å². The summed E-state index contributed by atoms with van der Waals surface area (Å²) in [5, 5.41) is 6.98. The Labute approximate surface area is 162 Å². The number of pyridine rings is 2. The second-order valence-electron chi connectivity index (χ2n) is 6.67. The molecule has 3 heterocycles. The molecule has 4 rings (SSSR count). The van der Waals surface area contributed by atoms with E-state index in [2.05, 4.69) is 20.6 Å². The lowest BCUT2D eigenvalue weighted by Crippen LogP contribution is -2.59. The molecular weight excluding hydrogens is 354 g/mol. The summed E-state index contributed by atoms with van der Waals surface area (Å²) in [7, 11) is 0. The number of aromatic nitrogens is 2. The lowest BCUT2D eigenvalue weighted by molar-refractivity contribution is -0.126. The first-order valence-corrected chi connectivity index (χ1v) is 9.26. The smallest absolute Gasteiger partial charge is 0.256 e. The molecule has 0 bridgehead atoms. The fourth-order valence-electron chi connectivity index (χ4n) is 3.33. The first-order chi connectivity index (χ1) is 13.7. The van der Waals surface area contributed by atoms with Gasteiger partial charge in [-0.25, -0.2) is 0 Å². The summed E-state index contributed by atoms with van der Waals surface area (Å²) in [6.07, 6.45) is 3.27. The van der Waals surface area contributed by atoms with E-state index in [4.69, 9.17) is 0 Å². The first-order valence-electron chi connectivity index (χ1n) is 9.26. The van der Waals surface area contributed by atoms with E-state index in [1.54, 1.807) is 17.3 Å². The van der Waals surface area contributed by atoms with Crippen LogP contribution >= 0.6 is 0 Å². The average Bonchev–Trinajstić information content (AvgIpc) is 2.77. The maximum Gasteiger partial charge on any atom is 0.256 e. The zero-order valence-corrected chi connectivity index (χ0v) is 15.3. The number of hydrogen-bond donors (Lipinski definition) is 2. The number of carbonyl (C=O) groups is 2. The van der Waals surface area contributed by atoms with Crippen molar-refractivity contribution in [3.63, 3.8) is 0 Å².